The minimum Gasteiger partial charge on any atom is -0.496 e. The summed E-state index contributed by atoms with van der Waals surface area (Å²) in [6.45, 7) is 4.26. The summed E-state index contributed by atoms with van der Waals surface area (Å²) in [7, 11) is 1.59. The fourth-order valence-electron chi connectivity index (χ4n) is 2.33. The van der Waals surface area contributed by atoms with Gasteiger partial charge in [-0.05, 0) is 24.6 Å². The summed E-state index contributed by atoms with van der Waals surface area (Å²) in [5.74, 6) is 3.07. The van der Waals surface area contributed by atoms with Crippen molar-refractivity contribution >= 4 is 17.6 Å². The van der Waals surface area contributed by atoms with Crippen molar-refractivity contribution in [1.29, 1.82) is 0 Å². The van der Waals surface area contributed by atoms with Gasteiger partial charge in [0.15, 0.2) is 5.84 Å². The van der Waals surface area contributed by atoms with Crippen molar-refractivity contribution in [2.75, 3.05) is 25.2 Å². The van der Waals surface area contributed by atoms with E-state index in [-0.39, 0.29) is 5.84 Å². The zero-order valence-electron chi connectivity index (χ0n) is 11.9. The highest BCUT2D eigenvalue weighted by Crippen LogP contribution is 2.23. The highest BCUT2D eigenvalue weighted by molar-refractivity contribution is 7.99. The molecule has 1 unspecified atom stereocenters. The number of nitrogens with two attached hydrogens (primary N) is 1. The highest BCUT2D eigenvalue weighted by Gasteiger charge is 2.19. The third-order valence-electron chi connectivity index (χ3n) is 3.54. The first-order chi connectivity index (χ1) is 9.65. The molecule has 6 heteroatoms. The van der Waals surface area contributed by atoms with Crippen LogP contribution in [0.5, 0.6) is 5.75 Å². The van der Waals surface area contributed by atoms with Crippen molar-refractivity contribution in [3.8, 4) is 5.75 Å². The molecule has 1 aromatic carbocycles. The van der Waals surface area contributed by atoms with E-state index in [4.69, 9.17) is 15.7 Å². The number of thioether (sulfide) groups is 1. The lowest BCUT2D eigenvalue weighted by molar-refractivity contribution is 0.223. The molecule has 0 radical (unpaired) electrons. The molecule has 0 aromatic heterocycles. The molecule has 1 heterocycles. The van der Waals surface area contributed by atoms with E-state index >= 15 is 0 Å². The number of benzene rings is 1. The van der Waals surface area contributed by atoms with Gasteiger partial charge < -0.3 is 15.7 Å². The Kier molecular flexibility index (Phi) is 5.14. The van der Waals surface area contributed by atoms with Crippen molar-refractivity contribution in [2.45, 2.75) is 19.5 Å². The van der Waals surface area contributed by atoms with Crippen molar-refractivity contribution in [2.24, 2.45) is 10.9 Å². The normalized spacial score (nSPS) is 20.9. The number of hydrogen-bond donors (Lipinski definition) is 2. The summed E-state index contributed by atoms with van der Waals surface area (Å²) in [5.41, 5.74) is 7.42. The van der Waals surface area contributed by atoms with Gasteiger partial charge in [0.25, 0.3) is 0 Å². The maximum atomic E-state index is 8.77. The average molecular weight is 295 g/mol. The predicted molar refractivity (Wildman–Crippen MR) is 82.7 cm³/mol. The first-order valence-electron chi connectivity index (χ1n) is 6.62. The van der Waals surface area contributed by atoms with Crippen molar-refractivity contribution in [3.63, 3.8) is 0 Å². The molecule has 3 N–H and O–H groups in total. The van der Waals surface area contributed by atoms with Gasteiger partial charge in [-0.2, -0.15) is 11.8 Å². The smallest absolute Gasteiger partial charge is 0.173 e. The van der Waals surface area contributed by atoms with Crippen LogP contribution in [0.1, 0.15) is 18.1 Å². The van der Waals surface area contributed by atoms with Crippen molar-refractivity contribution in [1.82, 2.24) is 4.90 Å². The molecular formula is C14H21N3O2S. The quantitative estimate of drug-likeness (QED) is 0.383. The molecule has 1 aliphatic heterocycles. The molecule has 1 atom stereocenters. The SMILES string of the molecule is COc1cc(CN2CCSCC2C)ccc1/C(N)=N/O. The third kappa shape index (κ3) is 3.37. The van der Waals surface area contributed by atoms with Crippen molar-refractivity contribution in [3.05, 3.63) is 29.3 Å². The van der Waals surface area contributed by atoms with E-state index in [9.17, 15) is 0 Å². The van der Waals surface area contributed by atoms with E-state index in [0.29, 0.717) is 17.4 Å². The molecule has 0 bridgehead atoms. The second kappa shape index (κ2) is 6.85. The largest absolute Gasteiger partial charge is 0.496 e. The second-order valence-electron chi connectivity index (χ2n) is 4.91. The monoisotopic (exact) mass is 295 g/mol. The summed E-state index contributed by atoms with van der Waals surface area (Å²) in [5, 5.41) is 11.8. The lowest BCUT2D eigenvalue weighted by Crippen LogP contribution is -2.39. The minimum absolute atomic E-state index is 0.0659. The average Bonchev–Trinajstić information content (AvgIpc) is 2.48. The van der Waals surface area contributed by atoms with Crippen molar-refractivity contribution < 1.29 is 9.94 Å². The maximum absolute atomic E-state index is 8.77. The summed E-state index contributed by atoms with van der Waals surface area (Å²) >= 11 is 2.01. The van der Waals surface area contributed by atoms with Crippen LogP contribution in [-0.2, 0) is 6.54 Å². The zero-order valence-corrected chi connectivity index (χ0v) is 12.7. The highest BCUT2D eigenvalue weighted by atomic mass is 32.2. The van der Waals surface area contributed by atoms with E-state index in [0.717, 1.165) is 13.1 Å². The van der Waals surface area contributed by atoms with Crippen LogP contribution in [0.2, 0.25) is 0 Å². The zero-order chi connectivity index (χ0) is 14.5. The number of ether oxygens (including phenoxy) is 1. The fraction of sp³-hybridized carbons (Fsp3) is 0.500. The molecule has 0 saturated carbocycles. The van der Waals surface area contributed by atoms with Crippen LogP contribution < -0.4 is 10.5 Å². The molecule has 1 aromatic rings. The van der Waals surface area contributed by atoms with E-state index < -0.39 is 0 Å². The third-order valence-corrected chi connectivity index (χ3v) is 4.73. The van der Waals surface area contributed by atoms with Crippen LogP contribution in [0, 0.1) is 0 Å². The Morgan fingerprint density at radius 2 is 2.40 bits per heavy atom. The lowest BCUT2D eigenvalue weighted by atomic mass is 10.1. The number of rotatable bonds is 4. The van der Waals surface area contributed by atoms with Crippen LogP contribution >= 0.6 is 11.8 Å². The van der Waals surface area contributed by atoms with Crippen LogP contribution in [0.25, 0.3) is 0 Å². The maximum Gasteiger partial charge on any atom is 0.173 e. The van der Waals surface area contributed by atoms with Gasteiger partial charge in [0.05, 0.1) is 12.7 Å². The molecule has 2 rings (SSSR count). The Labute approximate surface area is 123 Å². The first-order valence-corrected chi connectivity index (χ1v) is 7.77. The van der Waals surface area contributed by atoms with Gasteiger partial charge in [-0.1, -0.05) is 11.2 Å². The number of hydrogen-bond acceptors (Lipinski definition) is 5. The fourth-order valence-corrected chi connectivity index (χ4v) is 3.41. The summed E-state index contributed by atoms with van der Waals surface area (Å²) < 4.78 is 5.33. The Hall–Kier alpha value is -1.40. The number of methoxy groups -OCH3 is 1. The number of nitrogens with zero attached hydrogens (tertiary/aromatic N) is 2. The van der Waals surface area contributed by atoms with Crippen LogP contribution in [0.3, 0.4) is 0 Å². The second-order valence-corrected chi connectivity index (χ2v) is 6.06. The van der Waals surface area contributed by atoms with Crippen LogP contribution in [-0.4, -0.2) is 47.1 Å². The summed E-state index contributed by atoms with van der Waals surface area (Å²) in [4.78, 5) is 2.47. The van der Waals surface area contributed by atoms with Gasteiger partial charge in [-0.25, -0.2) is 0 Å². The molecule has 0 spiro atoms. The first kappa shape index (κ1) is 15.0. The van der Waals surface area contributed by atoms with E-state index in [1.54, 1.807) is 7.11 Å². The molecule has 20 heavy (non-hydrogen) atoms. The van der Waals surface area contributed by atoms with Gasteiger partial charge in [-0.15, -0.1) is 0 Å². The van der Waals surface area contributed by atoms with Gasteiger partial charge in [0.2, 0.25) is 0 Å². The Bertz CT molecular complexity index is 493. The Morgan fingerprint density at radius 3 is 3.05 bits per heavy atom. The van der Waals surface area contributed by atoms with Gasteiger partial charge in [0, 0.05) is 30.6 Å². The molecule has 1 saturated heterocycles. The van der Waals surface area contributed by atoms with E-state index in [1.165, 1.54) is 17.1 Å². The lowest BCUT2D eigenvalue weighted by Gasteiger charge is -2.33. The molecule has 1 aliphatic rings. The molecular weight excluding hydrogens is 274 g/mol. The molecule has 0 amide bonds. The van der Waals surface area contributed by atoms with E-state index in [1.807, 2.05) is 30.0 Å². The Morgan fingerprint density at radius 1 is 1.60 bits per heavy atom. The molecule has 1 fully saturated rings. The standard InChI is InChI=1S/C14H21N3O2S/c1-10-9-20-6-5-17(10)8-11-3-4-12(14(15)16-18)13(7-11)19-2/h3-4,7,10,18H,5-6,8-9H2,1-2H3,(H2,15,16). The molecule has 110 valence electrons. The molecule has 0 aliphatic carbocycles. The van der Waals surface area contributed by atoms with E-state index in [2.05, 4.69) is 17.0 Å². The van der Waals surface area contributed by atoms with Gasteiger partial charge in [0.1, 0.15) is 5.75 Å². The van der Waals surface area contributed by atoms with Gasteiger partial charge in [-0.3, -0.25) is 4.90 Å². The number of oxime groups is 1. The predicted octanol–water partition coefficient (Wildman–Crippen LogP) is 1.73. The topological polar surface area (TPSA) is 71.1 Å². The molecule has 5 nitrogen and oxygen atoms in total. The summed E-state index contributed by atoms with van der Waals surface area (Å²) in [6.07, 6.45) is 0. The minimum atomic E-state index is 0.0659. The van der Waals surface area contributed by atoms with Gasteiger partial charge >= 0.3 is 0 Å². The number of amidine groups is 1. The summed E-state index contributed by atoms with van der Waals surface area (Å²) in [6, 6.07) is 6.39. The Balaban J connectivity index is 2.17. The van der Waals surface area contributed by atoms with Crippen LogP contribution in [0.4, 0.5) is 0 Å². The van der Waals surface area contributed by atoms with Crippen LogP contribution in [0.15, 0.2) is 23.4 Å².